The standard InChI is InChI=1S/C23H29NO4/c1-15-7-8-20(17(3)9-15)12-24(6)21(25)13-27-22(26)14-28-23-18(4)10-16(2)11-19(23)5/h7-11H,12-14H2,1-6H3. The normalized spacial score (nSPS) is 10.5. The summed E-state index contributed by atoms with van der Waals surface area (Å²) in [7, 11) is 1.70. The summed E-state index contributed by atoms with van der Waals surface area (Å²) >= 11 is 0. The Balaban J connectivity index is 1.82. The van der Waals surface area contributed by atoms with E-state index in [0.29, 0.717) is 12.3 Å². The molecule has 0 aliphatic heterocycles. The highest BCUT2D eigenvalue weighted by molar-refractivity contribution is 5.80. The molecule has 2 aromatic carbocycles. The van der Waals surface area contributed by atoms with Crippen LogP contribution in [-0.4, -0.2) is 37.0 Å². The lowest BCUT2D eigenvalue weighted by atomic mass is 10.1. The first-order valence-electron chi connectivity index (χ1n) is 9.33. The van der Waals surface area contributed by atoms with Gasteiger partial charge < -0.3 is 14.4 Å². The largest absolute Gasteiger partial charge is 0.481 e. The number of likely N-dealkylation sites (N-methyl/N-ethyl adjacent to an activating group) is 1. The van der Waals surface area contributed by atoms with Crippen molar-refractivity contribution in [1.29, 1.82) is 0 Å². The van der Waals surface area contributed by atoms with E-state index < -0.39 is 5.97 Å². The van der Waals surface area contributed by atoms with Gasteiger partial charge in [0.2, 0.25) is 0 Å². The van der Waals surface area contributed by atoms with Crippen LogP contribution in [0.4, 0.5) is 0 Å². The molecule has 0 radical (unpaired) electrons. The van der Waals surface area contributed by atoms with E-state index in [1.54, 1.807) is 11.9 Å². The number of hydrogen-bond acceptors (Lipinski definition) is 4. The molecule has 150 valence electrons. The number of benzene rings is 2. The fraction of sp³-hybridized carbons (Fsp3) is 0.391. The number of aryl methyl sites for hydroxylation is 5. The zero-order valence-corrected chi connectivity index (χ0v) is 17.6. The maximum atomic E-state index is 12.3. The minimum Gasteiger partial charge on any atom is -0.481 e. The summed E-state index contributed by atoms with van der Waals surface area (Å²) in [6, 6.07) is 10.1. The Morgan fingerprint density at radius 3 is 2.07 bits per heavy atom. The van der Waals surface area contributed by atoms with Crippen LogP contribution in [0.15, 0.2) is 30.3 Å². The number of carbonyl (C=O) groups excluding carboxylic acids is 2. The molecule has 0 aliphatic rings. The van der Waals surface area contributed by atoms with Gasteiger partial charge in [0.1, 0.15) is 5.75 Å². The van der Waals surface area contributed by atoms with E-state index in [2.05, 4.69) is 6.07 Å². The summed E-state index contributed by atoms with van der Waals surface area (Å²) < 4.78 is 10.7. The van der Waals surface area contributed by atoms with Gasteiger partial charge in [-0.25, -0.2) is 4.79 Å². The average Bonchev–Trinajstić information content (AvgIpc) is 2.61. The van der Waals surface area contributed by atoms with Crippen molar-refractivity contribution < 1.29 is 19.1 Å². The van der Waals surface area contributed by atoms with Crippen molar-refractivity contribution in [3.63, 3.8) is 0 Å². The second-order valence-corrected chi connectivity index (χ2v) is 7.36. The van der Waals surface area contributed by atoms with Gasteiger partial charge in [0.25, 0.3) is 5.91 Å². The van der Waals surface area contributed by atoms with Crippen molar-refractivity contribution in [2.24, 2.45) is 0 Å². The Kier molecular flexibility index (Phi) is 7.21. The molecular formula is C23H29NO4. The molecule has 28 heavy (non-hydrogen) atoms. The van der Waals surface area contributed by atoms with E-state index in [-0.39, 0.29) is 19.1 Å². The monoisotopic (exact) mass is 383 g/mol. The average molecular weight is 383 g/mol. The van der Waals surface area contributed by atoms with E-state index >= 15 is 0 Å². The molecule has 0 aliphatic carbocycles. The second kappa shape index (κ2) is 9.40. The van der Waals surface area contributed by atoms with Gasteiger partial charge in [0, 0.05) is 13.6 Å². The molecule has 1 amide bonds. The molecule has 2 rings (SSSR count). The van der Waals surface area contributed by atoms with Gasteiger partial charge in [-0.15, -0.1) is 0 Å². The maximum Gasteiger partial charge on any atom is 0.344 e. The first-order chi connectivity index (χ1) is 13.2. The minimum absolute atomic E-state index is 0.223. The van der Waals surface area contributed by atoms with Crippen LogP contribution in [0.3, 0.4) is 0 Å². The van der Waals surface area contributed by atoms with Crippen LogP contribution >= 0.6 is 0 Å². The number of carbonyl (C=O) groups is 2. The number of nitrogens with zero attached hydrogens (tertiary/aromatic N) is 1. The fourth-order valence-electron chi connectivity index (χ4n) is 3.19. The molecule has 0 unspecified atom stereocenters. The van der Waals surface area contributed by atoms with E-state index in [1.807, 2.05) is 58.9 Å². The number of ether oxygens (including phenoxy) is 2. The van der Waals surface area contributed by atoms with E-state index in [1.165, 1.54) is 5.56 Å². The van der Waals surface area contributed by atoms with Gasteiger partial charge in [0.15, 0.2) is 13.2 Å². The summed E-state index contributed by atoms with van der Waals surface area (Å²) in [6.45, 7) is 9.89. The molecule has 0 heterocycles. The molecule has 0 bridgehead atoms. The topological polar surface area (TPSA) is 55.8 Å². The predicted molar refractivity (Wildman–Crippen MR) is 109 cm³/mol. The van der Waals surface area contributed by atoms with Crippen molar-refractivity contribution in [1.82, 2.24) is 4.90 Å². The molecule has 5 heteroatoms. The molecular weight excluding hydrogens is 354 g/mol. The van der Waals surface area contributed by atoms with Gasteiger partial charge in [-0.1, -0.05) is 41.5 Å². The van der Waals surface area contributed by atoms with Crippen LogP contribution in [0.1, 0.15) is 33.4 Å². The number of hydrogen-bond donors (Lipinski definition) is 0. The summed E-state index contributed by atoms with van der Waals surface area (Å²) in [5.41, 5.74) is 6.46. The molecule has 0 aromatic heterocycles. The zero-order valence-electron chi connectivity index (χ0n) is 17.6. The Morgan fingerprint density at radius 2 is 1.46 bits per heavy atom. The van der Waals surface area contributed by atoms with Crippen molar-refractivity contribution in [3.05, 3.63) is 63.7 Å². The molecule has 0 spiro atoms. The van der Waals surface area contributed by atoms with Crippen LogP contribution < -0.4 is 4.74 Å². The van der Waals surface area contributed by atoms with Gasteiger partial charge in [-0.3, -0.25) is 4.79 Å². The van der Waals surface area contributed by atoms with Crippen molar-refractivity contribution >= 4 is 11.9 Å². The predicted octanol–water partition coefficient (Wildman–Crippen LogP) is 3.81. The third kappa shape index (κ3) is 5.84. The highest BCUT2D eigenvalue weighted by atomic mass is 16.6. The van der Waals surface area contributed by atoms with Crippen LogP contribution in [0.5, 0.6) is 5.75 Å². The van der Waals surface area contributed by atoms with Crippen LogP contribution in [0, 0.1) is 34.6 Å². The Morgan fingerprint density at radius 1 is 0.857 bits per heavy atom. The second-order valence-electron chi connectivity index (χ2n) is 7.36. The number of esters is 1. The van der Waals surface area contributed by atoms with Gasteiger partial charge >= 0.3 is 5.97 Å². The van der Waals surface area contributed by atoms with Gasteiger partial charge in [-0.05, 0) is 56.9 Å². The number of rotatable bonds is 7. The third-order valence-electron chi connectivity index (χ3n) is 4.63. The lowest BCUT2D eigenvalue weighted by Gasteiger charge is -2.19. The lowest BCUT2D eigenvalue weighted by Crippen LogP contribution is -2.31. The van der Waals surface area contributed by atoms with E-state index in [0.717, 1.165) is 27.8 Å². The van der Waals surface area contributed by atoms with Crippen molar-refractivity contribution in [2.45, 2.75) is 41.2 Å². The maximum absolute atomic E-state index is 12.3. The van der Waals surface area contributed by atoms with E-state index in [4.69, 9.17) is 9.47 Å². The summed E-state index contributed by atoms with van der Waals surface area (Å²) in [5.74, 6) is -0.135. The highest BCUT2D eigenvalue weighted by Gasteiger charge is 2.15. The third-order valence-corrected chi connectivity index (χ3v) is 4.63. The summed E-state index contributed by atoms with van der Waals surface area (Å²) in [4.78, 5) is 25.8. The molecule has 0 N–H and O–H groups in total. The Hall–Kier alpha value is -2.82. The van der Waals surface area contributed by atoms with Crippen LogP contribution in [-0.2, 0) is 20.9 Å². The highest BCUT2D eigenvalue weighted by Crippen LogP contribution is 2.24. The van der Waals surface area contributed by atoms with Gasteiger partial charge in [0.05, 0.1) is 0 Å². The Bertz CT molecular complexity index is 850. The fourth-order valence-corrected chi connectivity index (χ4v) is 3.19. The summed E-state index contributed by atoms with van der Waals surface area (Å²) in [5, 5.41) is 0. The van der Waals surface area contributed by atoms with Gasteiger partial charge in [-0.2, -0.15) is 0 Å². The summed E-state index contributed by atoms with van der Waals surface area (Å²) in [6.07, 6.45) is 0. The number of amides is 1. The zero-order chi connectivity index (χ0) is 20.8. The minimum atomic E-state index is -0.562. The van der Waals surface area contributed by atoms with Crippen LogP contribution in [0.2, 0.25) is 0 Å². The van der Waals surface area contributed by atoms with Crippen molar-refractivity contribution in [3.8, 4) is 5.75 Å². The molecule has 0 atom stereocenters. The Labute approximate surface area is 167 Å². The molecule has 0 saturated carbocycles. The first-order valence-corrected chi connectivity index (χ1v) is 9.33. The van der Waals surface area contributed by atoms with E-state index in [9.17, 15) is 9.59 Å². The van der Waals surface area contributed by atoms with Crippen LogP contribution in [0.25, 0.3) is 0 Å². The lowest BCUT2D eigenvalue weighted by molar-refractivity contribution is -0.153. The molecule has 2 aromatic rings. The van der Waals surface area contributed by atoms with Crippen molar-refractivity contribution in [2.75, 3.05) is 20.3 Å². The molecule has 5 nitrogen and oxygen atoms in total. The molecule has 0 fully saturated rings. The SMILES string of the molecule is Cc1ccc(CN(C)C(=O)COC(=O)COc2c(C)cc(C)cc2C)c(C)c1. The molecule has 0 saturated heterocycles. The first kappa shape index (κ1) is 21.5. The smallest absolute Gasteiger partial charge is 0.344 e. The quantitative estimate of drug-likeness (QED) is 0.682.